The number of nitrogens with zero attached hydrogens (tertiary/aromatic N) is 2. The van der Waals surface area contributed by atoms with Gasteiger partial charge in [-0.05, 0) is 12.1 Å². The lowest BCUT2D eigenvalue weighted by Gasteiger charge is -2.01. The van der Waals surface area contributed by atoms with Crippen LogP contribution in [0.1, 0.15) is 16.3 Å². The molecular formula is C9H11N5O. The van der Waals surface area contributed by atoms with Crippen molar-refractivity contribution in [1.82, 2.24) is 25.5 Å². The van der Waals surface area contributed by atoms with Gasteiger partial charge in [-0.3, -0.25) is 9.89 Å². The van der Waals surface area contributed by atoms with Crippen LogP contribution in [0.5, 0.6) is 0 Å². The lowest BCUT2D eigenvalue weighted by atomic mass is 10.3. The summed E-state index contributed by atoms with van der Waals surface area (Å²) in [5.74, 6) is 0.654. The molecule has 0 saturated carbocycles. The van der Waals surface area contributed by atoms with Gasteiger partial charge < -0.3 is 10.3 Å². The first kappa shape index (κ1) is 9.45. The van der Waals surface area contributed by atoms with Gasteiger partial charge in [0.25, 0.3) is 5.91 Å². The molecule has 0 aliphatic carbocycles. The maximum atomic E-state index is 11.4. The van der Waals surface area contributed by atoms with Gasteiger partial charge in [-0.25, -0.2) is 4.98 Å². The van der Waals surface area contributed by atoms with Crippen LogP contribution in [0.4, 0.5) is 0 Å². The number of amides is 1. The van der Waals surface area contributed by atoms with Crippen molar-refractivity contribution in [3.05, 3.63) is 36.2 Å². The number of aromatic nitrogens is 4. The largest absolute Gasteiger partial charge is 0.357 e. The topological polar surface area (TPSA) is 86.5 Å². The third-order valence-electron chi connectivity index (χ3n) is 1.95. The van der Waals surface area contributed by atoms with Gasteiger partial charge in [-0.2, -0.15) is 5.10 Å². The van der Waals surface area contributed by atoms with Crippen LogP contribution in [-0.4, -0.2) is 32.6 Å². The summed E-state index contributed by atoms with van der Waals surface area (Å²) in [6.45, 7) is 0.535. The molecule has 0 aromatic carbocycles. The molecule has 0 fully saturated rings. The van der Waals surface area contributed by atoms with Crippen molar-refractivity contribution in [2.45, 2.75) is 6.42 Å². The monoisotopic (exact) mass is 205 g/mol. The number of nitrogens with one attached hydrogen (secondary N) is 3. The summed E-state index contributed by atoms with van der Waals surface area (Å²) < 4.78 is 0. The van der Waals surface area contributed by atoms with Gasteiger partial charge >= 0.3 is 0 Å². The number of carbonyl (C=O) groups excluding carboxylic acids is 1. The minimum absolute atomic E-state index is 0.112. The fourth-order valence-corrected chi connectivity index (χ4v) is 1.21. The summed E-state index contributed by atoms with van der Waals surface area (Å²) in [4.78, 5) is 18.2. The summed E-state index contributed by atoms with van der Waals surface area (Å²) in [6.07, 6.45) is 3.81. The van der Waals surface area contributed by atoms with Crippen molar-refractivity contribution in [3.63, 3.8) is 0 Å². The van der Waals surface area contributed by atoms with Crippen molar-refractivity contribution < 1.29 is 4.79 Å². The predicted octanol–water partition coefficient (Wildman–Crippen LogP) is 0.105. The number of hydrogen-bond donors (Lipinski definition) is 3. The van der Waals surface area contributed by atoms with Crippen molar-refractivity contribution in [2.24, 2.45) is 0 Å². The molecule has 0 aliphatic heterocycles. The summed E-state index contributed by atoms with van der Waals surface area (Å²) in [6, 6.07) is 3.51. The van der Waals surface area contributed by atoms with Crippen molar-refractivity contribution in [1.29, 1.82) is 0 Å². The van der Waals surface area contributed by atoms with Gasteiger partial charge in [0.05, 0.1) is 0 Å². The zero-order valence-corrected chi connectivity index (χ0v) is 8.03. The van der Waals surface area contributed by atoms with Gasteiger partial charge in [0.1, 0.15) is 17.8 Å². The highest BCUT2D eigenvalue weighted by Crippen LogP contribution is 1.93. The molecule has 2 rings (SSSR count). The summed E-state index contributed by atoms with van der Waals surface area (Å²) in [5.41, 5.74) is 0.563. The molecule has 0 atom stereocenters. The van der Waals surface area contributed by atoms with Crippen LogP contribution >= 0.6 is 0 Å². The average Bonchev–Trinajstić information content (AvgIpc) is 2.90. The van der Waals surface area contributed by atoms with Crippen LogP contribution in [-0.2, 0) is 6.42 Å². The SMILES string of the molecule is O=C(NCCc1ncn[nH]1)c1ccc[nH]1. The standard InChI is InChI=1S/C9H11N5O/c15-9(7-2-1-4-10-7)11-5-3-8-12-6-13-14-8/h1-2,4,6,10H,3,5H2,(H,11,15)(H,12,13,14). The summed E-state index contributed by atoms with van der Waals surface area (Å²) >= 11 is 0. The molecule has 2 aromatic heterocycles. The molecular weight excluding hydrogens is 194 g/mol. The van der Waals surface area contributed by atoms with E-state index in [1.165, 1.54) is 6.33 Å². The van der Waals surface area contributed by atoms with E-state index in [1.54, 1.807) is 18.3 Å². The van der Waals surface area contributed by atoms with E-state index in [1.807, 2.05) is 0 Å². The predicted molar refractivity (Wildman–Crippen MR) is 53.2 cm³/mol. The van der Waals surface area contributed by atoms with E-state index in [0.29, 0.717) is 18.7 Å². The van der Waals surface area contributed by atoms with E-state index >= 15 is 0 Å². The minimum Gasteiger partial charge on any atom is -0.357 e. The van der Waals surface area contributed by atoms with Gasteiger partial charge in [0.2, 0.25) is 0 Å². The van der Waals surface area contributed by atoms with Crippen molar-refractivity contribution >= 4 is 5.91 Å². The molecule has 0 saturated heterocycles. The zero-order chi connectivity index (χ0) is 10.5. The first-order valence-corrected chi connectivity index (χ1v) is 4.62. The highest BCUT2D eigenvalue weighted by molar-refractivity contribution is 5.92. The van der Waals surface area contributed by atoms with Crippen LogP contribution in [0.25, 0.3) is 0 Å². The average molecular weight is 205 g/mol. The normalized spacial score (nSPS) is 10.1. The van der Waals surface area contributed by atoms with E-state index in [2.05, 4.69) is 25.5 Å². The van der Waals surface area contributed by atoms with Crippen LogP contribution in [0.15, 0.2) is 24.7 Å². The van der Waals surface area contributed by atoms with Crippen molar-refractivity contribution in [2.75, 3.05) is 6.54 Å². The number of aromatic amines is 2. The van der Waals surface area contributed by atoms with Gasteiger partial charge in [-0.15, -0.1) is 0 Å². The molecule has 2 heterocycles. The molecule has 78 valence electrons. The molecule has 1 amide bonds. The molecule has 2 aromatic rings. The third-order valence-corrected chi connectivity index (χ3v) is 1.95. The van der Waals surface area contributed by atoms with E-state index in [-0.39, 0.29) is 5.91 Å². The quantitative estimate of drug-likeness (QED) is 0.661. The number of hydrogen-bond acceptors (Lipinski definition) is 3. The zero-order valence-electron chi connectivity index (χ0n) is 8.03. The summed E-state index contributed by atoms with van der Waals surface area (Å²) in [5, 5.41) is 9.21. The minimum atomic E-state index is -0.112. The third kappa shape index (κ3) is 2.43. The summed E-state index contributed by atoms with van der Waals surface area (Å²) in [7, 11) is 0. The lowest BCUT2D eigenvalue weighted by molar-refractivity contribution is 0.0949. The Morgan fingerprint density at radius 3 is 3.13 bits per heavy atom. The lowest BCUT2D eigenvalue weighted by Crippen LogP contribution is -2.26. The Morgan fingerprint density at radius 1 is 1.53 bits per heavy atom. The molecule has 0 spiro atoms. The molecule has 0 aliphatic rings. The van der Waals surface area contributed by atoms with Crippen LogP contribution < -0.4 is 5.32 Å². The Bertz CT molecular complexity index is 406. The first-order valence-electron chi connectivity index (χ1n) is 4.62. The molecule has 0 bridgehead atoms. The van der Waals surface area contributed by atoms with Crippen LogP contribution in [0.3, 0.4) is 0 Å². The fraction of sp³-hybridized carbons (Fsp3) is 0.222. The van der Waals surface area contributed by atoms with Crippen LogP contribution in [0, 0.1) is 0 Å². The fourth-order valence-electron chi connectivity index (χ4n) is 1.21. The maximum Gasteiger partial charge on any atom is 0.267 e. The Labute approximate surface area is 86.1 Å². The number of H-pyrrole nitrogens is 2. The molecule has 0 radical (unpaired) electrons. The Morgan fingerprint density at radius 2 is 2.47 bits per heavy atom. The second-order valence-corrected chi connectivity index (χ2v) is 3.02. The second-order valence-electron chi connectivity index (χ2n) is 3.02. The van der Waals surface area contributed by atoms with E-state index in [0.717, 1.165) is 5.82 Å². The van der Waals surface area contributed by atoms with E-state index < -0.39 is 0 Å². The highest BCUT2D eigenvalue weighted by Gasteiger charge is 2.04. The van der Waals surface area contributed by atoms with Gasteiger partial charge in [0.15, 0.2) is 0 Å². The molecule has 3 N–H and O–H groups in total. The van der Waals surface area contributed by atoms with E-state index in [9.17, 15) is 4.79 Å². The second kappa shape index (κ2) is 4.41. The van der Waals surface area contributed by atoms with Crippen LogP contribution in [0.2, 0.25) is 0 Å². The Kier molecular flexibility index (Phi) is 2.77. The Balaban J connectivity index is 1.77. The van der Waals surface area contributed by atoms with Crippen molar-refractivity contribution in [3.8, 4) is 0 Å². The first-order chi connectivity index (χ1) is 7.36. The smallest absolute Gasteiger partial charge is 0.267 e. The van der Waals surface area contributed by atoms with Gasteiger partial charge in [-0.1, -0.05) is 0 Å². The molecule has 6 nitrogen and oxygen atoms in total. The maximum absolute atomic E-state index is 11.4. The number of rotatable bonds is 4. The Hall–Kier alpha value is -2.11. The number of carbonyl (C=O) groups is 1. The molecule has 15 heavy (non-hydrogen) atoms. The highest BCUT2D eigenvalue weighted by atomic mass is 16.1. The van der Waals surface area contributed by atoms with E-state index in [4.69, 9.17) is 0 Å². The van der Waals surface area contributed by atoms with Gasteiger partial charge in [0, 0.05) is 19.2 Å². The molecule has 0 unspecified atom stereocenters. The molecule has 6 heteroatoms.